The van der Waals surface area contributed by atoms with Crippen LogP contribution in [0.2, 0.25) is 19.1 Å². The summed E-state index contributed by atoms with van der Waals surface area (Å²) in [6, 6.07) is 8.87. The predicted octanol–water partition coefficient (Wildman–Crippen LogP) is 21.5. The molecule has 1 rings (SSSR count). The normalized spacial score (nSPS) is 16.0. The molecular weight excluding hydrogens is 1620 g/mol. The molecule has 0 aromatic heterocycles. The largest absolute Gasteiger partial charge is 0.469 e. The molecule has 0 bridgehead atoms. The first kappa shape index (κ1) is 109. The van der Waals surface area contributed by atoms with E-state index in [1.54, 1.807) is 51.3 Å². The second-order valence-corrected chi connectivity index (χ2v) is 31.2. The van der Waals surface area contributed by atoms with E-state index in [1.165, 1.54) is 28.1 Å². The maximum atomic E-state index is 13.9. The van der Waals surface area contributed by atoms with Gasteiger partial charge in [-0.15, -0.1) is 0 Å². The first-order valence-electron chi connectivity index (χ1n) is 33.4. The summed E-state index contributed by atoms with van der Waals surface area (Å²) in [6.45, 7) is 13.7. The molecule has 1 aromatic rings. The molecule has 0 fully saturated rings. The predicted molar refractivity (Wildman–Crippen MR) is 335 cm³/mol. The van der Waals surface area contributed by atoms with Gasteiger partial charge in [0, 0.05) is 13.5 Å². The van der Waals surface area contributed by atoms with E-state index in [-0.39, 0.29) is 67.4 Å². The summed E-state index contributed by atoms with van der Waals surface area (Å²) in [4.78, 5) is 70.6. The highest BCUT2D eigenvalue weighted by Crippen LogP contribution is 2.64. The zero-order valence-electron chi connectivity index (χ0n) is 62.5. The third-order valence-electron chi connectivity index (χ3n) is 17.6. The van der Waals surface area contributed by atoms with Crippen LogP contribution in [0.15, 0.2) is 30.3 Å². The Labute approximate surface area is 620 Å². The number of halogens is 31. The Bertz CT molecular complexity index is 3020. The molecule has 0 aliphatic carbocycles. The van der Waals surface area contributed by atoms with Crippen LogP contribution in [0.25, 0.3) is 0 Å². The molecule has 0 N–H and O–H groups in total. The van der Waals surface area contributed by atoms with Gasteiger partial charge < -0.3 is 32.8 Å². The molecule has 7 unspecified atom stereocenters. The number of rotatable bonds is 41. The van der Waals surface area contributed by atoms with Crippen LogP contribution in [-0.4, -0.2) is 176 Å². The standard InChI is InChI=1S/C21H19F15O2.C18H21F13O4.C17H29F3O4.C10H22O3Si/c1-3-12(13-7-5-4-6-8-13)9-11(2)14(37)38-10-15(22,23)16(24,25)17(26,27)18(28,29)19(30,31)20(32,33)21(34,35)36;1-5-12(3,11(33)34-4)8-9(2)10(32)35-7-6-13(19,20)14(21,22)15(23,24)16(25,26)17(27,28)18(29,30)31;1-4-14(16(22)23-3)12-13(2)15(21)24-11-9-7-5-6-8-10-17(18,19)20;1-7-10(2,9(11)12-3)8-14(5,6)13-4/h4-8,11-12H,3,9-10H2,1-2H3;9H,5-8H2,1-4H3;13-14H,4-12H2,1-3H3;7-8H2,1-6H3. The van der Waals surface area contributed by atoms with Gasteiger partial charge in [-0.2, -0.15) is 136 Å². The van der Waals surface area contributed by atoms with E-state index in [2.05, 4.69) is 32.0 Å². The van der Waals surface area contributed by atoms with Gasteiger partial charge in [-0.1, -0.05) is 98.1 Å². The van der Waals surface area contributed by atoms with Crippen molar-refractivity contribution in [2.24, 2.45) is 34.5 Å². The fraction of sp³-hybridized carbons (Fsp3) is 0.818. The topological polar surface area (TPSA) is 167 Å². The Morgan fingerprint density at radius 3 is 1.15 bits per heavy atom. The van der Waals surface area contributed by atoms with Crippen molar-refractivity contribution in [1.82, 2.24) is 0 Å². The number of carbonyl (C=O) groups is 6. The Morgan fingerprint density at radius 2 is 0.766 bits per heavy atom. The van der Waals surface area contributed by atoms with Crippen LogP contribution >= 0.6 is 0 Å². The second-order valence-electron chi connectivity index (χ2n) is 26.9. The molecule has 13 nitrogen and oxygen atoms in total. The van der Waals surface area contributed by atoms with Crippen molar-refractivity contribution < 1.29 is 198 Å². The van der Waals surface area contributed by atoms with E-state index >= 15 is 0 Å². The van der Waals surface area contributed by atoms with Crippen LogP contribution in [0.3, 0.4) is 0 Å². The molecule has 0 saturated carbocycles. The highest BCUT2D eigenvalue weighted by molar-refractivity contribution is 6.71. The number of esters is 6. The first-order valence-corrected chi connectivity index (χ1v) is 36.5. The van der Waals surface area contributed by atoms with Gasteiger partial charge in [-0.25, -0.2) is 0 Å². The number of carbonyl (C=O) groups excluding carboxylic acids is 6. The maximum absolute atomic E-state index is 13.9. The molecular formula is C66H91F31O13Si. The number of hydrogen-bond donors (Lipinski definition) is 0. The van der Waals surface area contributed by atoms with Gasteiger partial charge in [0.2, 0.25) is 0 Å². The van der Waals surface area contributed by atoms with Gasteiger partial charge in [-0.05, 0) is 102 Å². The molecule has 0 aliphatic heterocycles. The van der Waals surface area contributed by atoms with E-state index in [1.807, 2.05) is 20.8 Å². The van der Waals surface area contributed by atoms with Crippen molar-refractivity contribution in [3.8, 4) is 0 Å². The fourth-order valence-electron chi connectivity index (χ4n) is 9.93. The third-order valence-corrected chi connectivity index (χ3v) is 20.3. The van der Waals surface area contributed by atoms with E-state index < -0.39 is 159 Å². The van der Waals surface area contributed by atoms with Gasteiger partial charge in [0.1, 0.15) is 0 Å². The van der Waals surface area contributed by atoms with Crippen molar-refractivity contribution >= 4 is 44.1 Å². The molecule has 0 spiro atoms. The Morgan fingerprint density at radius 1 is 0.396 bits per heavy atom. The number of benzene rings is 1. The lowest BCUT2D eigenvalue weighted by Crippen LogP contribution is -2.73. The zero-order chi connectivity index (χ0) is 88.6. The van der Waals surface area contributed by atoms with Crippen LogP contribution in [0.5, 0.6) is 0 Å². The summed E-state index contributed by atoms with van der Waals surface area (Å²) in [5.41, 5.74) is -1.04. The summed E-state index contributed by atoms with van der Waals surface area (Å²) in [5.74, 6) is -93.3. The average molecular weight is 1710 g/mol. The van der Waals surface area contributed by atoms with E-state index in [4.69, 9.17) is 13.9 Å². The highest BCUT2D eigenvalue weighted by atomic mass is 28.4. The first-order chi connectivity index (χ1) is 49.7. The van der Waals surface area contributed by atoms with Crippen LogP contribution in [0, 0.1) is 34.5 Å². The minimum absolute atomic E-state index is 0.105. The number of methoxy groups -OCH3 is 3. The Hall–Kier alpha value is -5.95. The molecule has 0 saturated heterocycles. The molecule has 0 amide bonds. The van der Waals surface area contributed by atoms with Gasteiger partial charge in [-0.3, -0.25) is 28.8 Å². The number of alkyl halides is 31. The van der Waals surface area contributed by atoms with Crippen LogP contribution in [0.1, 0.15) is 164 Å². The number of unbranched alkanes of at least 4 members (excludes halogenated alkanes) is 4. The third kappa shape index (κ3) is 28.2. The Balaban J connectivity index is -0.00000148. The van der Waals surface area contributed by atoms with Gasteiger partial charge >= 0.3 is 119 Å². The van der Waals surface area contributed by atoms with Crippen molar-refractivity contribution in [2.75, 3.05) is 48.3 Å². The van der Waals surface area contributed by atoms with E-state index in [0.29, 0.717) is 44.1 Å². The van der Waals surface area contributed by atoms with Crippen molar-refractivity contribution in [3.05, 3.63) is 35.9 Å². The smallest absolute Gasteiger partial charge is 0.460 e. The molecule has 111 heavy (non-hydrogen) atoms. The monoisotopic (exact) mass is 1710 g/mol. The van der Waals surface area contributed by atoms with Crippen molar-refractivity contribution in [2.45, 2.75) is 261 Å². The average Bonchev–Trinajstić information content (AvgIpc) is 0.710. The van der Waals surface area contributed by atoms with Gasteiger partial charge in [0.25, 0.3) is 0 Å². The molecule has 0 radical (unpaired) electrons. The summed E-state index contributed by atoms with van der Waals surface area (Å²) in [6.07, 6.45) is -18.1. The van der Waals surface area contributed by atoms with Crippen LogP contribution < -0.4 is 0 Å². The molecule has 0 heterocycles. The molecule has 7 atom stereocenters. The van der Waals surface area contributed by atoms with Gasteiger partial charge in [0.15, 0.2) is 14.9 Å². The lowest BCUT2D eigenvalue weighted by atomic mass is 9.79. The van der Waals surface area contributed by atoms with Crippen molar-refractivity contribution in [3.63, 3.8) is 0 Å². The zero-order valence-corrected chi connectivity index (χ0v) is 63.5. The lowest BCUT2D eigenvalue weighted by Gasteiger charge is -2.41. The quantitative estimate of drug-likeness (QED) is 0.0200. The fourth-order valence-corrected chi connectivity index (χ4v) is 12.3. The number of hydrogen-bond acceptors (Lipinski definition) is 13. The van der Waals surface area contributed by atoms with Crippen LogP contribution in [0.4, 0.5) is 136 Å². The molecule has 654 valence electrons. The summed E-state index contributed by atoms with van der Waals surface area (Å²) in [5, 5.41) is 0. The Kier molecular flexibility index (Phi) is 41.4. The lowest BCUT2D eigenvalue weighted by molar-refractivity contribution is -0.453. The molecule has 0 aliphatic rings. The SMILES string of the molecule is CCC(C)(CC(C)C(=O)OCCC(F)(F)C(F)(F)C(F)(F)C(F)(F)C(F)(F)C(F)(F)F)C(=O)OC.CCC(C)(C[Si](C)(C)OC)C(=O)OC.CCC(CC(C)C(=O)OCC(F)(F)C(F)(F)C(F)(F)C(F)(F)C(F)(F)C(F)(F)C(F)(F)F)c1ccccc1.CCC(CC(C)C(=O)OCCCCCCCC(F)(F)F)C(=O)OC. The minimum atomic E-state index is -8.38. The van der Waals surface area contributed by atoms with Crippen molar-refractivity contribution in [1.29, 1.82) is 0 Å². The van der Waals surface area contributed by atoms with E-state index in [0.717, 1.165) is 39.8 Å². The molecule has 1 aromatic carbocycles. The maximum Gasteiger partial charge on any atom is 0.460 e. The minimum Gasteiger partial charge on any atom is -0.469 e. The van der Waals surface area contributed by atoms with Gasteiger partial charge in [0.05, 0.1) is 75.5 Å². The summed E-state index contributed by atoms with van der Waals surface area (Å²) in [7, 11) is 3.79. The summed E-state index contributed by atoms with van der Waals surface area (Å²) >= 11 is 0. The second kappa shape index (κ2) is 42.1. The van der Waals surface area contributed by atoms with E-state index in [9.17, 15) is 165 Å². The number of ether oxygens (including phenoxy) is 6. The van der Waals surface area contributed by atoms with Crippen LogP contribution in [-0.2, 0) is 61.6 Å². The summed E-state index contributed by atoms with van der Waals surface area (Å²) < 4.78 is 436. The molecule has 45 heteroatoms. The highest BCUT2D eigenvalue weighted by Gasteiger charge is 2.94.